The van der Waals surface area contributed by atoms with Gasteiger partial charge in [-0.3, -0.25) is 4.79 Å². The van der Waals surface area contributed by atoms with Crippen LogP contribution in [0.15, 0.2) is 53.0 Å². The van der Waals surface area contributed by atoms with Crippen molar-refractivity contribution in [2.75, 3.05) is 0 Å². The quantitative estimate of drug-likeness (QED) is 0.613. The van der Waals surface area contributed by atoms with Gasteiger partial charge in [-0.2, -0.15) is 13.2 Å². The van der Waals surface area contributed by atoms with E-state index in [1.165, 1.54) is 41.7 Å². The molecule has 0 unspecified atom stereocenters. The molecule has 0 aliphatic carbocycles. The van der Waals surface area contributed by atoms with Gasteiger partial charge in [0.25, 0.3) is 0 Å². The minimum absolute atomic E-state index is 0.0223. The Balaban J connectivity index is 2.15. The molecule has 2 amide bonds. The Kier molecular flexibility index (Phi) is 5.24. The highest BCUT2D eigenvalue weighted by Gasteiger charge is 2.66. The summed E-state index contributed by atoms with van der Waals surface area (Å²) in [5.41, 5.74) is -2.62. The largest absolute Gasteiger partial charge is 0.437 e. The monoisotopic (exact) mass is 456 g/mol. The molecule has 28 heavy (non-hydrogen) atoms. The number of rotatable bonds is 3. The van der Waals surface area contributed by atoms with Gasteiger partial charge >= 0.3 is 12.2 Å². The summed E-state index contributed by atoms with van der Waals surface area (Å²) in [6.45, 7) is 1.79. The fourth-order valence-electron chi connectivity index (χ4n) is 3.18. The molecule has 0 bridgehead atoms. The Labute approximate surface area is 167 Å². The average molecular weight is 457 g/mol. The Hall–Kier alpha value is -2.39. The highest BCUT2D eigenvalue weighted by atomic mass is 79.9. The molecule has 0 aromatic heterocycles. The van der Waals surface area contributed by atoms with Crippen molar-refractivity contribution in [3.05, 3.63) is 69.7 Å². The fourth-order valence-corrected chi connectivity index (χ4v) is 3.45. The first-order chi connectivity index (χ1) is 13.0. The molecular weight excluding hydrogens is 441 g/mol. The average Bonchev–Trinajstić information content (AvgIpc) is 2.61. The molecule has 3 N–H and O–H groups in total. The van der Waals surface area contributed by atoms with Crippen LogP contribution < -0.4 is 10.6 Å². The van der Waals surface area contributed by atoms with Crippen molar-refractivity contribution < 1.29 is 27.9 Å². The Morgan fingerprint density at radius 1 is 1.11 bits per heavy atom. The summed E-state index contributed by atoms with van der Waals surface area (Å²) < 4.78 is 42.0. The van der Waals surface area contributed by atoms with E-state index in [1.54, 1.807) is 19.1 Å². The van der Waals surface area contributed by atoms with Crippen LogP contribution >= 0.6 is 15.9 Å². The van der Waals surface area contributed by atoms with Crippen molar-refractivity contribution in [1.82, 2.24) is 10.6 Å². The number of alkyl halides is 3. The second-order valence-corrected chi connectivity index (χ2v) is 7.52. The van der Waals surface area contributed by atoms with Crippen molar-refractivity contribution >= 4 is 27.7 Å². The molecule has 3 rings (SSSR count). The van der Waals surface area contributed by atoms with E-state index in [2.05, 4.69) is 21.2 Å². The molecule has 148 valence electrons. The zero-order valence-corrected chi connectivity index (χ0v) is 16.1. The topological polar surface area (TPSA) is 78.4 Å². The lowest BCUT2D eigenvalue weighted by molar-refractivity contribution is -0.287. The third-order valence-corrected chi connectivity index (χ3v) is 5.18. The normalized spacial score (nSPS) is 25.0. The van der Waals surface area contributed by atoms with Crippen LogP contribution in [0.1, 0.15) is 27.5 Å². The van der Waals surface area contributed by atoms with Gasteiger partial charge in [0.15, 0.2) is 5.78 Å². The zero-order chi connectivity index (χ0) is 20.7. The van der Waals surface area contributed by atoms with Crippen molar-refractivity contribution in [2.45, 2.75) is 24.9 Å². The zero-order valence-electron chi connectivity index (χ0n) is 14.5. The van der Waals surface area contributed by atoms with E-state index >= 15 is 0 Å². The number of carbonyl (C=O) groups excluding carboxylic acids is 2. The van der Waals surface area contributed by atoms with Gasteiger partial charge in [0.05, 0.1) is 6.04 Å². The summed E-state index contributed by atoms with van der Waals surface area (Å²) in [4.78, 5) is 25.0. The lowest BCUT2D eigenvalue weighted by Crippen LogP contribution is -2.72. The molecule has 9 heteroatoms. The standard InChI is InChI=1S/C19H16BrF3N2O3/c1-10-2-4-11(5-3-10)15-14(16(26)12-6-8-13(20)9-7-12)18(28,19(21,22)23)25-17(27)24-15/h2-9,14-15,28H,1H3,(H2,24,25,27)/t14-,15+,18+/m1/s1. The number of Topliss-reactive ketones (excluding diaryl/α,β-unsaturated/α-hetero) is 1. The van der Waals surface area contributed by atoms with Crippen molar-refractivity contribution in [3.63, 3.8) is 0 Å². The molecule has 0 radical (unpaired) electrons. The summed E-state index contributed by atoms with van der Waals surface area (Å²) in [6.07, 6.45) is -5.27. The first-order valence-corrected chi connectivity index (χ1v) is 9.06. The minimum atomic E-state index is -5.27. The first-order valence-electron chi connectivity index (χ1n) is 8.27. The highest BCUT2D eigenvalue weighted by Crippen LogP contribution is 2.44. The van der Waals surface area contributed by atoms with Crippen LogP contribution in [0.3, 0.4) is 0 Å². The van der Waals surface area contributed by atoms with E-state index < -0.39 is 35.7 Å². The van der Waals surface area contributed by atoms with Gasteiger partial charge in [-0.25, -0.2) is 4.79 Å². The minimum Gasteiger partial charge on any atom is -0.363 e. The molecule has 1 fully saturated rings. The summed E-state index contributed by atoms with van der Waals surface area (Å²) in [7, 11) is 0. The number of amides is 2. The van der Waals surface area contributed by atoms with Crippen LogP contribution in [-0.4, -0.2) is 28.8 Å². The van der Waals surface area contributed by atoms with Gasteiger partial charge in [-0.15, -0.1) is 0 Å². The van der Waals surface area contributed by atoms with Gasteiger partial charge < -0.3 is 15.7 Å². The van der Waals surface area contributed by atoms with Gasteiger partial charge in [0, 0.05) is 10.0 Å². The molecule has 1 aliphatic heterocycles. The second kappa shape index (κ2) is 7.21. The highest BCUT2D eigenvalue weighted by molar-refractivity contribution is 9.10. The fraction of sp³-hybridized carbons (Fsp3) is 0.263. The van der Waals surface area contributed by atoms with Crippen LogP contribution in [0, 0.1) is 12.8 Å². The third kappa shape index (κ3) is 3.64. The van der Waals surface area contributed by atoms with Crippen LogP contribution in [0.5, 0.6) is 0 Å². The maximum absolute atomic E-state index is 13.8. The van der Waals surface area contributed by atoms with Crippen molar-refractivity contribution in [3.8, 4) is 0 Å². The van der Waals surface area contributed by atoms with Crippen LogP contribution in [0.2, 0.25) is 0 Å². The van der Waals surface area contributed by atoms with Crippen molar-refractivity contribution in [2.24, 2.45) is 5.92 Å². The van der Waals surface area contributed by atoms with E-state index in [1.807, 2.05) is 0 Å². The molecule has 2 aromatic carbocycles. The van der Waals surface area contributed by atoms with Crippen LogP contribution in [0.25, 0.3) is 0 Å². The molecule has 1 saturated heterocycles. The molecule has 0 spiro atoms. The molecule has 3 atom stereocenters. The van der Waals surface area contributed by atoms with E-state index in [9.17, 15) is 27.9 Å². The summed E-state index contributed by atoms with van der Waals surface area (Å²) >= 11 is 3.20. The van der Waals surface area contributed by atoms with Gasteiger partial charge in [0.1, 0.15) is 5.92 Å². The number of nitrogens with one attached hydrogen (secondary N) is 2. The van der Waals surface area contributed by atoms with Crippen LogP contribution in [-0.2, 0) is 0 Å². The molecule has 1 heterocycles. The smallest absolute Gasteiger partial charge is 0.363 e. The lowest BCUT2D eigenvalue weighted by Gasteiger charge is -2.45. The number of hydrogen-bond donors (Lipinski definition) is 3. The third-order valence-electron chi connectivity index (χ3n) is 4.65. The number of halogens is 4. The summed E-state index contributed by atoms with van der Waals surface area (Å²) in [5.74, 6) is -2.99. The van der Waals surface area contributed by atoms with E-state index in [0.717, 1.165) is 5.56 Å². The number of carbonyl (C=O) groups is 2. The van der Waals surface area contributed by atoms with Gasteiger partial charge in [-0.05, 0) is 24.6 Å². The number of hydrogen-bond acceptors (Lipinski definition) is 3. The Morgan fingerprint density at radius 2 is 1.68 bits per heavy atom. The van der Waals surface area contributed by atoms with E-state index in [-0.39, 0.29) is 11.1 Å². The Bertz CT molecular complexity index is 900. The number of urea groups is 1. The lowest BCUT2D eigenvalue weighted by atomic mass is 9.77. The molecule has 2 aromatic rings. The first kappa shape index (κ1) is 20.3. The second-order valence-electron chi connectivity index (χ2n) is 6.60. The number of aryl methyl sites for hydroxylation is 1. The molecule has 5 nitrogen and oxygen atoms in total. The molecular formula is C19H16BrF3N2O3. The van der Waals surface area contributed by atoms with Gasteiger partial charge in [-0.1, -0.05) is 57.9 Å². The predicted octanol–water partition coefficient (Wildman–Crippen LogP) is 3.86. The van der Waals surface area contributed by atoms with Gasteiger partial charge in [0.2, 0.25) is 5.72 Å². The van der Waals surface area contributed by atoms with Crippen LogP contribution in [0.4, 0.5) is 18.0 Å². The number of ketones is 1. The molecule has 1 aliphatic rings. The number of aliphatic hydroxyl groups is 1. The SMILES string of the molecule is Cc1ccc([C@@H]2NC(=O)N[C@@](O)(C(F)(F)F)[C@H]2C(=O)c2ccc(Br)cc2)cc1. The summed E-state index contributed by atoms with van der Waals surface area (Å²) in [6, 6.07) is 9.47. The Morgan fingerprint density at radius 3 is 2.21 bits per heavy atom. The maximum Gasteiger partial charge on any atom is 0.437 e. The number of benzene rings is 2. The van der Waals surface area contributed by atoms with Crippen molar-refractivity contribution in [1.29, 1.82) is 0 Å². The molecule has 0 saturated carbocycles. The van der Waals surface area contributed by atoms with E-state index in [0.29, 0.717) is 4.47 Å². The van der Waals surface area contributed by atoms with E-state index in [4.69, 9.17) is 0 Å². The maximum atomic E-state index is 13.8. The summed E-state index contributed by atoms with van der Waals surface area (Å²) in [5, 5.41) is 14.3. The predicted molar refractivity (Wildman–Crippen MR) is 98.6 cm³/mol.